The van der Waals surface area contributed by atoms with Crippen LogP contribution in [0.25, 0.3) is 0 Å². The molecule has 0 spiro atoms. The van der Waals surface area contributed by atoms with Gasteiger partial charge in [-0.3, -0.25) is 4.79 Å². The van der Waals surface area contributed by atoms with Crippen molar-refractivity contribution in [1.82, 2.24) is 0 Å². The Morgan fingerprint density at radius 3 is 2.41 bits per heavy atom. The van der Waals surface area contributed by atoms with Gasteiger partial charge in [-0.15, -0.1) is 0 Å². The minimum absolute atomic E-state index is 0.263. The molecule has 0 aromatic rings. The van der Waals surface area contributed by atoms with E-state index in [1.807, 2.05) is 0 Å². The van der Waals surface area contributed by atoms with Crippen LogP contribution < -0.4 is 0 Å². The minimum atomic E-state index is -1.71. The molecule has 2 saturated carbocycles. The second-order valence-electron chi connectivity index (χ2n) is 10.0. The van der Waals surface area contributed by atoms with Crippen molar-refractivity contribution >= 4 is 14.1 Å². The fraction of sp³-hybridized carbons (Fsp3) is 0.947. The third-order valence-electron chi connectivity index (χ3n) is 6.35. The van der Waals surface area contributed by atoms with Crippen molar-refractivity contribution in [3.63, 3.8) is 0 Å². The highest BCUT2D eigenvalue weighted by atomic mass is 28.4. The van der Waals surface area contributed by atoms with Crippen LogP contribution in [-0.2, 0) is 9.22 Å². The van der Waals surface area contributed by atoms with Crippen molar-refractivity contribution in [3.8, 4) is 0 Å². The highest BCUT2D eigenvalue weighted by Gasteiger charge is 2.45. The van der Waals surface area contributed by atoms with E-state index in [9.17, 15) is 4.79 Å². The molecule has 0 bridgehead atoms. The molecule has 2 fully saturated rings. The van der Waals surface area contributed by atoms with E-state index in [0.29, 0.717) is 29.1 Å². The lowest BCUT2D eigenvalue weighted by Crippen LogP contribution is -2.45. The maximum absolute atomic E-state index is 12.5. The summed E-state index contributed by atoms with van der Waals surface area (Å²) >= 11 is 0. The van der Waals surface area contributed by atoms with E-state index in [4.69, 9.17) is 4.43 Å². The van der Waals surface area contributed by atoms with Crippen LogP contribution in [0, 0.1) is 17.3 Å². The third-order valence-corrected chi connectivity index (χ3v) is 10.9. The van der Waals surface area contributed by atoms with Crippen molar-refractivity contribution in [1.29, 1.82) is 0 Å². The van der Waals surface area contributed by atoms with E-state index >= 15 is 0 Å². The summed E-state index contributed by atoms with van der Waals surface area (Å²) in [5, 5.41) is 0.263. The minimum Gasteiger partial charge on any atom is -0.414 e. The van der Waals surface area contributed by atoms with Crippen LogP contribution in [-0.4, -0.2) is 20.2 Å². The van der Waals surface area contributed by atoms with Gasteiger partial charge in [-0.05, 0) is 61.6 Å². The Hall–Kier alpha value is -0.153. The maximum Gasteiger partial charge on any atom is 0.192 e. The average molecular weight is 325 g/mol. The van der Waals surface area contributed by atoms with Gasteiger partial charge in [0.05, 0.1) is 0 Å². The van der Waals surface area contributed by atoms with Gasteiger partial charge in [-0.2, -0.15) is 0 Å². The van der Waals surface area contributed by atoms with Crippen molar-refractivity contribution < 1.29 is 9.22 Å². The van der Waals surface area contributed by atoms with Crippen LogP contribution in [0.15, 0.2) is 0 Å². The zero-order chi connectivity index (χ0) is 16.8. The fourth-order valence-corrected chi connectivity index (χ4v) is 5.57. The predicted molar refractivity (Wildman–Crippen MR) is 95.5 cm³/mol. The van der Waals surface area contributed by atoms with Gasteiger partial charge in [0.2, 0.25) is 0 Å². The highest BCUT2D eigenvalue weighted by Crippen LogP contribution is 2.49. The first-order valence-electron chi connectivity index (χ1n) is 9.12. The van der Waals surface area contributed by atoms with Gasteiger partial charge < -0.3 is 4.43 Å². The fourth-order valence-electron chi connectivity index (χ4n) is 4.17. The molecule has 0 radical (unpaired) electrons. The van der Waals surface area contributed by atoms with E-state index in [1.165, 1.54) is 6.42 Å². The molecule has 1 unspecified atom stereocenters. The zero-order valence-electron chi connectivity index (χ0n) is 15.8. The molecular formula is C19H36O2Si. The third kappa shape index (κ3) is 4.03. The summed E-state index contributed by atoms with van der Waals surface area (Å²) in [6.45, 7) is 16.3. The number of hydrogen-bond donors (Lipinski definition) is 0. The summed E-state index contributed by atoms with van der Waals surface area (Å²) < 4.78 is 6.72. The van der Waals surface area contributed by atoms with Crippen LogP contribution >= 0.6 is 0 Å². The average Bonchev–Trinajstić information content (AvgIpc) is 2.60. The van der Waals surface area contributed by atoms with E-state index in [0.717, 1.165) is 32.1 Å². The van der Waals surface area contributed by atoms with Crippen LogP contribution in [0.4, 0.5) is 0 Å². The SMILES string of the molecule is CC1(C)C[C@H]2CC(O[Si](C)(C)C(C)(C)C)CCCC(=O)[C@@H]2C1. The lowest BCUT2D eigenvalue weighted by Gasteiger charge is -2.41. The molecule has 128 valence electrons. The van der Waals surface area contributed by atoms with E-state index < -0.39 is 8.32 Å². The van der Waals surface area contributed by atoms with Crippen molar-refractivity contribution in [3.05, 3.63) is 0 Å². The molecule has 0 aromatic carbocycles. The molecule has 2 rings (SSSR count). The molecular weight excluding hydrogens is 288 g/mol. The summed E-state index contributed by atoms with van der Waals surface area (Å²) in [7, 11) is -1.71. The Morgan fingerprint density at radius 1 is 1.18 bits per heavy atom. The molecule has 3 heteroatoms. The number of carbonyl (C=O) groups excluding carboxylic acids is 1. The van der Waals surface area contributed by atoms with E-state index in [1.54, 1.807) is 0 Å². The number of carbonyl (C=O) groups is 1. The molecule has 2 aliphatic rings. The van der Waals surface area contributed by atoms with Gasteiger partial charge in [-0.1, -0.05) is 34.6 Å². The number of rotatable bonds is 2. The topological polar surface area (TPSA) is 26.3 Å². The molecule has 0 aliphatic heterocycles. The van der Waals surface area contributed by atoms with Crippen LogP contribution in [0.3, 0.4) is 0 Å². The van der Waals surface area contributed by atoms with E-state index in [2.05, 4.69) is 47.7 Å². The predicted octanol–water partition coefficient (Wildman–Crippen LogP) is 5.57. The molecule has 2 nitrogen and oxygen atoms in total. The van der Waals surface area contributed by atoms with Crippen LogP contribution in [0.5, 0.6) is 0 Å². The van der Waals surface area contributed by atoms with Gasteiger partial charge in [0, 0.05) is 18.4 Å². The summed E-state index contributed by atoms with van der Waals surface area (Å²) in [5.74, 6) is 1.39. The first-order chi connectivity index (χ1) is 9.91. The summed E-state index contributed by atoms with van der Waals surface area (Å²) in [4.78, 5) is 12.5. The van der Waals surface area contributed by atoms with E-state index in [-0.39, 0.29) is 5.04 Å². The Morgan fingerprint density at radius 2 is 1.82 bits per heavy atom. The number of Topliss-reactive ketones (excluding diaryl/α,β-unsaturated/α-hetero) is 1. The Balaban J connectivity index is 2.10. The van der Waals surface area contributed by atoms with Gasteiger partial charge >= 0.3 is 0 Å². The van der Waals surface area contributed by atoms with Crippen molar-refractivity contribution in [2.24, 2.45) is 17.3 Å². The Labute approximate surface area is 138 Å². The largest absolute Gasteiger partial charge is 0.414 e. The van der Waals surface area contributed by atoms with Crippen molar-refractivity contribution in [2.45, 2.75) is 97.4 Å². The van der Waals surface area contributed by atoms with Crippen LogP contribution in [0.1, 0.15) is 73.1 Å². The standard InChI is InChI=1S/C19H36O2Si/c1-18(2,3)22(6,7)21-15-9-8-10-17(20)16-13-19(4,5)12-14(16)11-15/h14-16H,8-13H2,1-7H3/t14-,15?,16-/m1/s1. The van der Waals surface area contributed by atoms with Crippen molar-refractivity contribution in [2.75, 3.05) is 0 Å². The Bertz CT molecular complexity index is 420. The monoisotopic (exact) mass is 324 g/mol. The highest BCUT2D eigenvalue weighted by molar-refractivity contribution is 6.74. The van der Waals surface area contributed by atoms with Gasteiger partial charge in [-0.25, -0.2) is 0 Å². The summed E-state index contributed by atoms with van der Waals surface area (Å²) in [6.07, 6.45) is 6.62. The first kappa shape index (κ1) is 18.2. The lowest BCUT2D eigenvalue weighted by atomic mass is 9.82. The second-order valence-corrected chi connectivity index (χ2v) is 14.8. The smallest absolute Gasteiger partial charge is 0.192 e. The molecule has 22 heavy (non-hydrogen) atoms. The number of fused-ring (bicyclic) bond motifs is 1. The molecule has 0 heterocycles. The second kappa shape index (κ2) is 6.05. The van der Waals surface area contributed by atoms with Crippen LogP contribution in [0.2, 0.25) is 18.1 Å². The summed E-state index contributed by atoms with van der Waals surface area (Å²) in [6, 6.07) is 0. The molecule has 0 aromatic heterocycles. The van der Waals surface area contributed by atoms with Gasteiger partial charge in [0.1, 0.15) is 5.78 Å². The van der Waals surface area contributed by atoms with Gasteiger partial charge in [0.15, 0.2) is 8.32 Å². The molecule has 0 saturated heterocycles. The Kier molecular flexibility index (Phi) is 5.00. The molecule has 3 atom stereocenters. The molecule has 0 N–H and O–H groups in total. The van der Waals surface area contributed by atoms with Gasteiger partial charge in [0.25, 0.3) is 0 Å². The maximum atomic E-state index is 12.5. The lowest BCUT2D eigenvalue weighted by molar-refractivity contribution is -0.125. The number of hydrogen-bond acceptors (Lipinski definition) is 2. The molecule has 0 amide bonds. The quantitative estimate of drug-likeness (QED) is 0.620. The number of ketones is 1. The summed E-state index contributed by atoms with van der Waals surface area (Å²) in [5.41, 5.74) is 0.330. The normalized spacial score (nSPS) is 33.2. The zero-order valence-corrected chi connectivity index (χ0v) is 16.8. The first-order valence-corrected chi connectivity index (χ1v) is 12.0. The molecule has 2 aliphatic carbocycles.